The lowest BCUT2D eigenvalue weighted by Gasteiger charge is -2.36. The third-order valence-electron chi connectivity index (χ3n) is 4.12. The Kier molecular flexibility index (Phi) is 5.16. The largest absolute Gasteiger partial charge is 0.372 e. The topological polar surface area (TPSA) is 53.5 Å². The van der Waals surface area contributed by atoms with Gasteiger partial charge in [-0.25, -0.2) is 9.97 Å². The molecular formula is C18H27N5O. The molecule has 0 amide bonds. The summed E-state index contributed by atoms with van der Waals surface area (Å²) >= 11 is 0. The van der Waals surface area contributed by atoms with Gasteiger partial charge in [-0.15, -0.1) is 0 Å². The van der Waals surface area contributed by atoms with Gasteiger partial charge >= 0.3 is 0 Å². The maximum Gasteiger partial charge on any atom is 0.172 e. The standard InChI is InChI=1S/C18H27N5O/c1-13-11-23(12-14(2)24-13)18-17(19-9-10-22(3)4)20-15-7-5-6-8-16(15)21-18/h5-8,13-14H,9-12H2,1-4H3,(H,19,20). The van der Waals surface area contributed by atoms with E-state index in [-0.39, 0.29) is 12.2 Å². The molecule has 1 aliphatic heterocycles. The van der Waals surface area contributed by atoms with E-state index in [0.29, 0.717) is 0 Å². The zero-order chi connectivity index (χ0) is 17.1. The van der Waals surface area contributed by atoms with E-state index in [4.69, 9.17) is 14.7 Å². The molecule has 1 fully saturated rings. The van der Waals surface area contributed by atoms with Crippen LogP contribution in [0.25, 0.3) is 11.0 Å². The summed E-state index contributed by atoms with van der Waals surface area (Å²) in [5.41, 5.74) is 1.85. The summed E-state index contributed by atoms with van der Waals surface area (Å²) in [5.74, 6) is 1.78. The zero-order valence-corrected chi connectivity index (χ0v) is 15.0. The number of ether oxygens (including phenoxy) is 1. The molecule has 3 rings (SSSR count). The number of hydrogen-bond donors (Lipinski definition) is 1. The molecule has 24 heavy (non-hydrogen) atoms. The molecule has 2 aromatic rings. The number of nitrogens with one attached hydrogen (secondary N) is 1. The van der Waals surface area contributed by atoms with E-state index in [9.17, 15) is 0 Å². The van der Waals surface area contributed by atoms with Crippen LogP contribution in [-0.4, -0.2) is 67.4 Å². The smallest absolute Gasteiger partial charge is 0.172 e. The number of benzene rings is 1. The number of para-hydroxylation sites is 2. The molecule has 2 atom stereocenters. The lowest BCUT2D eigenvalue weighted by atomic mass is 10.2. The molecule has 1 aromatic carbocycles. The molecule has 6 nitrogen and oxygen atoms in total. The fourth-order valence-corrected chi connectivity index (χ4v) is 3.08. The van der Waals surface area contributed by atoms with Crippen molar-refractivity contribution in [3.05, 3.63) is 24.3 Å². The van der Waals surface area contributed by atoms with Crippen molar-refractivity contribution in [3.63, 3.8) is 0 Å². The second kappa shape index (κ2) is 7.32. The van der Waals surface area contributed by atoms with Gasteiger partial charge in [-0.05, 0) is 40.1 Å². The van der Waals surface area contributed by atoms with E-state index in [1.165, 1.54) is 0 Å². The van der Waals surface area contributed by atoms with Crippen LogP contribution < -0.4 is 10.2 Å². The van der Waals surface area contributed by atoms with Crippen LogP contribution in [0.4, 0.5) is 11.6 Å². The van der Waals surface area contributed by atoms with Crippen molar-refractivity contribution in [2.75, 3.05) is 50.5 Å². The third-order valence-corrected chi connectivity index (χ3v) is 4.12. The Balaban J connectivity index is 1.93. The highest BCUT2D eigenvalue weighted by atomic mass is 16.5. The van der Waals surface area contributed by atoms with Gasteiger partial charge < -0.3 is 19.9 Å². The van der Waals surface area contributed by atoms with Crippen molar-refractivity contribution in [2.24, 2.45) is 0 Å². The Bertz CT molecular complexity index is 680. The highest BCUT2D eigenvalue weighted by Gasteiger charge is 2.26. The number of nitrogens with zero attached hydrogens (tertiary/aromatic N) is 4. The minimum Gasteiger partial charge on any atom is -0.372 e. The molecule has 0 bridgehead atoms. The van der Waals surface area contributed by atoms with Crippen LogP contribution in [-0.2, 0) is 4.74 Å². The average molecular weight is 329 g/mol. The minimum atomic E-state index is 0.191. The zero-order valence-electron chi connectivity index (χ0n) is 15.0. The van der Waals surface area contributed by atoms with Crippen molar-refractivity contribution < 1.29 is 4.74 Å². The lowest BCUT2D eigenvalue weighted by Crippen LogP contribution is -2.46. The van der Waals surface area contributed by atoms with Gasteiger partial charge in [-0.3, -0.25) is 0 Å². The normalized spacial score (nSPS) is 21.5. The first-order chi connectivity index (χ1) is 11.5. The fourth-order valence-electron chi connectivity index (χ4n) is 3.08. The van der Waals surface area contributed by atoms with E-state index >= 15 is 0 Å². The number of aromatic nitrogens is 2. The number of anilines is 2. The predicted molar refractivity (Wildman–Crippen MR) is 98.8 cm³/mol. The van der Waals surface area contributed by atoms with Gasteiger partial charge in [-0.1, -0.05) is 12.1 Å². The molecule has 2 unspecified atom stereocenters. The van der Waals surface area contributed by atoms with Crippen LogP contribution >= 0.6 is 0 Å². The summed E-state index contributed by atoms with van der Waals surface area (Å²) in [7, 11) is 4.14. The number of rotatable bonds is 5. The van der Waals surface area contributed by atoms with Crippen LogP contribution in [0.15, 0.2) is 24.3 Å². The molecule has 0 saturated carbocycles. The number of hydrogen-bond acceptors (Lipinski definition) is 6. The minimum absolute atomic E-state index is 0.191. The van der Waals surface area contributed by atoms with Crippen molar-refractivity contribution in [2.45, 2.75) is 26.1 Å². The molecule has 6 heteroatoms. The molecule has 1 aromatic heterocycles. The van der Waals surface area contributed by atoms with Crippen LogP contribution in [0.5, 0.6) is 0 Å². The summed E-state index contributed by atoms with van der Waals surface area (Å²) in [6.45, 7) is 7.67. The fraction of sp³-hybridized carbons (Fsp3) is 0.556. The molecule has 1 N–H and O–H groups in total. The second-order valence-electron chi connectivity index (χ2n) is 6.78. The van der Waals surface area contributed by atoms with E-state index in [1.807, 2.05) is 24.3 Å². The first kappa shape index (κ1) is 16.9. The Morgan fingerprint density at radius 3 is 2.38 bits per heavy atom. The third kappa shape index (κ3) is 3.94. The van der Waals surface area contributed by atoms with Gasteiger partial charge in [0.2, 0.25) is 0 Å². The van der Waals surface area contributed by atoms with Gasteiger partial charge in [0.15, 0.2) is 11.6 Å². The number of likely N-dealkylation sites (N-methyl/N-ethyl adjacent to an activating group) is 1. The monoisotopic (exact) mass is 329 g/mol. The summed E-state index contributed by atoms with van der Waals surface area (Å²) in [6, 6.07) is 8.03. The molecule has 1 saturated heterocycles. The SMILES string of the molecule is CC1CN(c2nc3ccccc3nc2NCCN(C)C)CC(C)O1. The Hall–Kier alpha value is -1.92. The quantitative estimate of drug-likeness (QED) is 0.908. The van der Waals surface area contributed by atoms with E-state index in [0.717, 1.165) is 48.8 Å². The molecule has 0 radical (unpaired) electrons. The molecular weight excluding hydrogens is 302 g/mol. The summed E-state index contributed by atoms with van der Waals surface area (Å²) < 4.78 is 5.86. The highest BCUT2D eigenvalue weighted by molar-refractivity contribution is 5.80. The van der Waals surface area contributed by atoms with Crippen molar-refractivity contribution in [1.82, 2.24) is 14.9 Å². The first-order valence-electron chi connectivity index (χ1n) is 8.58. The number of morpholine rings is 1. The molecule has 0 aliphatic carbocycles. The summed E-state index contributed by atoms with van der Waals surface area (Å²) in [5, 5.41) is 3.47. The Morgan fingerprint density at radius 2 is 1.75 bits per heavy atom. The van der Waals surface area contributed by atoms with E-state index in [1.54, 1.807) is 0 Å². The Morgan fingerprint density at radius 1 is 1.12 bits per heavy atom. The highest BCUT2D eigenvalue weighted by Crippen LogP contribution is 2.27. The van der Waals surface area contributed by atoms with Crippen LogP contribution in [0, 0.1) is 0 Å². The maximum absolute atomic E-state index is 5.86. The van der Waals surface area contributed by atoms with Crippen molar-refractivity contribution in [1.29, 1.82) is 0 Å². The van der Waals surface area contributed by atoms with Gasteiger partial charge in [0.05, 0.1) is 23.2 Å². The van der Waals surface area contributed by atoms with Crippen molar-refractivity contribution >= 4 is 22.7 Å². The Labute approximate surface area is 143 Å². The molecule has 1 aliphatic rings. The van der Waals surface area contributed by atoms with Gasteiger partial charge in [0, 0.05) is 26.2 Å². The summed E-state index contributed by atoms with van der Waals surface area (Å²) in [6.07, 6.45) is 0.383. The van der Waals surface area contributed by atoms with Gasteiger partial charge in [-0.2, -0.15) is 0 Å². The van der Waals surface area contributed by atoms with Crippen molar-refractivity contribution in [3.8, 4) is 0 Å². The molecule has 0 spiro atoms. The van der Waals surface area contributed by atoms with Crippen LogP contribution in [0.3, 0.4) is 0 Å². The van der Waals surface area contributed by atoms with Crippen LogP contribution in [0.2, 0.25) is 0 Å². The summed E-state index contributed by atoms with van der Waals surface area (Å²) in [4.78, 5) is 14.2. The van der Waals surface area contributed by atoms with Gasteiger partial charge in [0.1, 0.15) is 0 Å². The van der Waals surface area contributed by atoms with Gasteiger partial charge in [0.25, 0.3) is 0 Å². The molecule has 2 heterocycles. The first-order valence-corrected chi connectivity index (χ1v) is 8.58. The lowest BCUT2D eigenvalue weighted by molar-refractivity contribution is -0.00541. The molecule has 130 valence electrons. The second-order valence-corrected chi connectivity index (χ2v) is 6.78. The van der Waals surface area contributed by atoms with Crippen LogP contribution in [0.1, 0.15) is 13.8 Å². The maximum atomic E-state index is 5.86. The number of fused-ring (bicyclic) bond motifs is 1. The van der Waals surface area contributed by atoms with E-state index in [2.05, 4.69) is 43.1 Å². The average Bonchev–Trinajstić information content (AvgIpc) is 2.53. The van der Waals surface area contributed by atoms with E-state index < -0.39 is 0 Å². The predicted octanol–water partition coefficient (Wildman–Crippen LogP) is 2.22.